The van der Waals surface area contributed by atoms with E-state index in [1.807, 2.05) is 48.3 Å². The highest BCUT2D eigenvalue weighted by Gasteiger charge is 2.24. The fourth-order valence-corrected chi connectivity index (χ4v) is 2.73. The molecule has 1 heterocycles. The Labute approximate surface area is 169 Å². The molecule has 0 unspecified atom stereocenters. The van der Waals surface area contributed by atoms with Crippen molar-refractivity contribution in [3.63, 3.8) is 0 Å². The number of carbonyl (C=O) groups excluding carboxylic acids is 2. The highest BCUT2D eigenvalue weighted by molar-refractivity contribution is 6.13. The summed E-state index contributed by atoms with van der Waals surface area (Å²) < 4.78 is 15.4. The molecular formula is C22H22N2O5. The molecule has 1 aliphatic rings. The van der Waals surface area contributed by atoms with E-state index in [1.165, 1.54) is 6.92 Å². The van der Waals surface area contributed by atoms with Crippen molar-refractivity contribution in [1.29, 1.82) is 0 Å². The molecule has 0 spiro atoms. The van der Waals surface area contributed by atoms with Gasteiger partial charge in [0.15, 0.2) is 5.70 Å². The van der Waals surface area contributed by atoms with E-state index < -0.39 is 5.97 Å². The van der Waals surface area contributed by atoms with Crippen molar-refractivity contribution in [2.45, 2.75) is 6.92 Å². The van der Waals surface area contributed by atoms with E-state index in [0.717, 1.165) is 11.3 Å². The average molecular weight is 394 g/mol. The summed E-state index contributed by atoms with van der Waals surface area (Å²) in [5, 5.41) is 0. The Hall–Kier alpha value is -3.61. The number of hydrogen-bond donors (Lipinski definition) is 0. The summed E-state index contributed by atoms with van der Waals surface area (Å²) in [6, 6.07) is 14.8. The number of nitrogens with zero attached hydrogens (tertiary/aromatic N) is 2. The van der Waals surface area contributed by atoms with Gasteiger partial charge in [-0.1, -0.05) is 18.2 Å². The minimum absolute atomic E-state index is 0.235. The van der Waals surface area contributed by atoms with Crippen LogP contribution in [0.15, 0.2) is 59.2 Å². The van der Waals surface area contributed by atoms with E-state index in [-0.39, 0.29) is 17.6 Å². The van der Waals surface area contributed by atoms with Gasteiger partial charge in [0.25, 0.3) is 0 Å². The summed E-state index contributed by atoms with van der Waals surface area (Å²) in [6.07, 6.45) is 1.68. The number of aliphatic imine (C=N–C) groups is 1. The topological polar surface area (TPSA) is 77.4 Å². The molecule has 7 heteroatoms. The predicted molar refractivity (Wildman–Crippen MR) is 110 cm³/mol. The van der Waals surface area contributed by atoms with E-state index in [2.05, 4.69) is 4.99 Å². The van der Waals surface area contributed by atoms with Crippen LogP contribution in [0.25, 0.3) is 6.08 Å². The van der Waals surface area contributed by atoms with Crippen LogP contribution in [0.4, 0.5) is 5.69 Å². The molecule has 0 fully saturated rings. The number of esters is 2. The van der Waals surface area contributed by atoms with Gasteiger partial charge in [0, 0.05) is 25.2 Å². The van der Waals surface area contributed by atoms with Gasteiger partial charge in [-0.15, -0.1) is 0 Å². The summed E-state index contributed by atoms with van der Waals surface area (Å²) >= 11 is 0. The van der Waals surface area contributed by atoms with Crippen LogP contribution in [0.1, 0.15) is 18.1 Å². The smallest absolute Gasteiger partial charge is 0.363 e. The van der Waals surface area contributed by atoms with E-state index in [1.54, 1.807) is 25.3 Å². The van der Waals surface area contributed by atoms with Crippen LogP contribution in [0.3, 0.4) is 0 Å². The fraction of sp³-hybridized carbons (Fsp3) is 0.227. The molecule has 29 heavy (non-hydrogen) atoms. The van der Waals surface area contributed by atoms with Crippen LogP contribution in [0.2, 0.25) is 0 Å². The first kappa shape index (κ1) is 20.1. The fourth-order valence-electron chi connectivity index (χ4n) is 2.73. The zero-order valence-electron chi connectivity index (χ0n) is 16.5. The highest BCUT2D eigenvalue weighted by Crippen LogP contribution is 2.22. The molecule has 1 aliphatic heterocycles. The Kier molecular flexibility index (Phi) is 6.29. The molecule has 0 radical (unpaired) electrons. The molecule has 0 atom stereocenters. The predicted octanol–water partition coefficient (Wildman–Crippen LogP) is 3.04. The minimum Gasteiger partial charge on any atom is -0.497 e. The van der Waals surface area contributed by atoms with E-state index in [0.29, 0.717) is 24.5 Å². The van der Waals surface area contributed by atoms with Crippen LogP contribution in [-0.2, 0) is 19.1 Å². The van der Waals surface area contributed by atoms with Crippen molar-refractivity contribution in [1.82, 2.24) is 0 Å². The molecule has 0 saturated carbocycles. The first-order chi connectivity index (χ1) is 14.0. The maximum Gasteiger partial charge on any atom is 0.363 e. The first-order valence-electron chi connectivity index (χ1n) is 9.08. The monoisotopic (exact) mass is 394 g/mol. The third kappa shape index (κ3) is 5.22. The van der Waals surface area contributed by atoms with Gasteiger partial charge in [0.2, 0.25) is 5.90 Å². The Balaban J connectivity index is 1.71. The molecule has 0 bridgehead atoms. The van der Waals surface area contributed by atoms with E-state index in [9.17, 15) is 9.59 Å². The zero-order chi connectivity index (χ0) is 20.8. The maximum atomic E-state index is 12.2. The maximum absolute atomic E-state index is 12.2. The van der Waals surface area contributed by atoms with Crippen LogP contribution in [-0.4, -0.2) is 45.1 Å². The normalized spacial score (nSPS) is 14.4. The van der Waals surface area contributed by atoms with Crippen molar-refractivity contribution in [2.75, 3.05) is 32.2 Å². The molecule has 7 nitrogen and oxygen atoms in total. The van der Waals surface area contributed by atoms with Crippen LogP contribution in [0.5, 0.6) is 5.75 Å². The standard InChI is InChI=1S/C22H22N2O5/c1-15(25)28-12-11-24(2)18-9-7-16(8-10-18)13-20-22(26)29-21(23-20)17-5-4-6-19(14-17)27-3/h4-10,13-14H,11-12H2,1-3H3/b20-13-. The highest BCUT2D eigenvalue weighted by atomic mass is 16.6. The average Bonchev–Trinajstić information content (AvgIpc) is 3.08. The third-order valence-electron chi connectivity index (χ3n) is 4.31. The van der Waals surface area contributed by atoms with Crippen molar-refractivity contribution < 1.29 is 23.8 Å². The lowest BCUT2D eigenvalue weighted by atomic mass is 10.1. The number of anilines is 1. The lowest BCUT2D eigenvalue weighted by Crippen LogP contribution is -2.23. The quantitative estimate of drug-likeness (QED) is 0.531. The second-order valence-electron chi connectivity index (χ2n) is 6.42. The molecule has 0 aromatic heterocycles. The number of likely N-dealkylation sites (N-methyl/N-ethyl adjacent to an activating group) is 1. The second kappa shape index (κ2) is 9.05. The third-order valence-corrected chi connectivity index (χ3v) is 4.31. The van der Waals surface area contributed by atoms with Crippen LogP contribution < -0.4 is 9.64 Å². The summed E-state index contributed by atoms with van der Waals surface area (Å²) in [6.45, 7) is 2.30. The number of cyclic esters (lactones) is 1. The molecule has 2 aromatic carbocycles. The van der Waals surface area contributed by atoms with Crippen molar-refractivity contribution in [3.8, 4) is 5.75 Å². The van der Waals surface area contributed by atoms with Gasteiger partial charge in [0.1, 0.15) is 12.4 Å². The minimum atomic E-state index is -0.495. The molecule has 3 rings (SSSR count). The Morgan fingerprint density at radius 3 is 2.66 bits per heavy atom. The van der Waals surface area contributed by atoms with E-state index >= 15 is 0 Å². The molecule has 0 saturated heterocycles. The molecule has 0 N–H and O–H groups in total. The summed E-state index contributed by atoms with van der Waals surface area (Å²) in [4.78, 5) is 29.3. The zero-order valence-corrected chi connectivity index (χ0v) is 16.5. The number of carbonyl (C=O) groups is 2. The summed E-state index contributed by atoms with van der Waals surface area (Å²) in [5.74, 6) is 0.122. The molecule has 0 aliphatic carbocycles. The van der Waals surface area contributed by atoms with Gasteiger partial charge in [-0.3, -0.25) is 4.79 Å². The van der Waals surface area contributed by atoms with Gasteiger partial charge >= 0.3 is 11.9 Å². The lowest BCUT2D eigenvalue weighted by molar-refractivity contribution is -0.140. The number of methoxy groups -OCH3 is 1. The Bertz CT molecular complexity index is 963. The molecule has 2 aromatic rings. The number of hydrogen-bond acceptors (Lipinski definition) is 7. The molecular weight excluding hydrogens is 372 g/mol. The van der Waals surface area contributed by atoms with Crippen molar-refractivity contribution in [2.24, 2.45) is 4.99 Å². The molecule has 0 amide bonds. The van der Waals surface area contributed by atoms with Crippen molar-refractivity contribution >= 4 is 29.6 Å². The van der Waals surface area contributed by atoms with Crippen molar-refractivity contribution in [3.05, 3.63) is 65.4 Å². The lowest BCUT2D eigenvalue weighted by Gasteiger charge is -2.19. The summed E-state index contributed by atoms with van der Waals surface area (Å²) in [5.41, 5.74) is 2.70. The van der Waals surface area contributed by atoms with E-state index in [4.69, 9.17) is 14.2 Å². The largest absolute Gasteiger partial charge is 0.497 e. The second-order valence-corrected chi connectivity index (χ2v) is 6.42. The summed E-state index contributed by atoms with van der Waals surface area (Å²) in [7, 11) is 3.49. The van der Waals surface area contributed by atoms with Gasteiger partial charge in [-0.25, -0.2) is 9.79 Å². The van der Waals surface area contributed by atoms with Gasteiger partial charge in [-0.2, -0.15) is 0 Å². The number of rotatable bonds is 7. The van der Waals surface area contributed by atoms with Crippen LogP contribution in [0, 0.1) is 0 Å². The number of benzene rings is 2. The first-order valence-corrected chi connectivity index (χ1v) is 9.08. The van der Waals surface area contributed by atoms with Gasteiger partial charge in [0.05, 0.1) is 13.7 Å². The van der Waals surface area contributed by atoms with Crippen LogP contribution >= 0.6 is 0 Å². The molecule has 150 valence electrons. The number of ether oxygens (including phenoxy) is 3. The Morgan fingerprint density at radius 1 is 1.21 bits per heavy atom. The van der Waals surface area contributed by atoms with Gasteiger partial charge < -0.3 is 19.1 Å². The van der Waals surface area contributed by atoms with Gasteiger partial charge in [-0.05, 0) is 42.0 Å². The Morgan fingerprint density at radius 2 is 1.97 bits per heavy atom. The SMILES string of the molecule is COc1cccc(C2=N/C(=C\c3ccc(N(C)CCOC(C)=O)cc3)C(=O)O2)c1.